The maximum absolute atomic E-state index is 15.2. The molecule has 4 aromatic carbocycles. The van der Waals surface area contributed by atoms with E-state index in [2.05, 4.69) is 20.3 Å². The first-order chi connectivity index (χ1) is 22.3. The van der Waals surface area contributed by atoms with E-state index in [-0.39, 0.29) is 40.5 Å². The largest absolute Gasteiger partial charge is 0.461 e. The number of halogens is 8. The first kappa shape index (κ1) is 33.1. The van der Waals surface area contributed by atoms with Crippen molar-refractivity contribution in [2.45, 2.75) is 38.1 Å². The number of carbonyl (C=O) groups excluding carboxylic acids is 1. The van der Waals surface area contributed by atoms with Gasteiger partial charge in [0.05, 0.1) is 11.1 Å². The Morgan fingerprint density at radius 2 is 1.62 bits per heavy atom. The van der Waals surface area contributed by atoms with Gasteiger partial charge in [0.15, 0.2) is 0 Å². The predicted octanol–water partition coefficient (Wildman–Crippen LogP) is 8.08. The smallest absolute Gasteiger partial charge is 0.428 e. The highest BCUT2D eigenvalue weighted by Gasteiger charge is 2.45. The van der Waals surface area contributed by atoms with Gasteiger partial charge in [-0.25, -0.2) is 17.6 Å². The van der Waals surface area contributed by atoms with E-state index >= 15 is 8.78 Å². The highest BCUT2D eigenvalue weighted by molar-refractivity contribution is 5.95. The van der Waals surface area contributed by atoms with Crippen LogP contribution in [0.15, 0.2) is 89.3 Å². The Labute approximate surface area is 262 Å². The van der Waals surface area contributed by atoms with Crippen LogP contribution in [0.5, 0.6) is 5.75 Å². The molecule has 0 saturated heterocycles. The third-order valence-electron chi connectivity index (χ3n) is 7.18. The van der Waals surface area contributed by atoms with E-state index in [9.17, 15) is 31.1 Å². The molecule has 244 valence electrons. The number of hydrogen-bond donors (Lipinski definition) is 1. The minimum absolute atomic E-state index is 0.00644. The lowest BCUT2D eigenvalue weighted by Gasteiger charge is -2.37. The molecule has 1 amide bonds. The van der Waals surface area contributed by atoms with Crippen molar-refractivity contribution in [1.82, 2.24) is 15.5 Å². The monoisotopic (exact) mass is 661 g/mol. The van der Waals surface area contributed by atoms with Crippen molar-refractivity contribution in [2.75, 3.05) is 0 Å². The van der Waals surface area contributed by atoms with Crippen molar-refractivity contribution in [1.29, 1.82) is 0 Å². The van der Waals surface area contributed by atoms with E-state index < -0.39 is 59.4 Å². The van der Waals surface area contributed by atoms with Crippen LogP contribution in [0.4, 0.5) is 35.1 Å². The van der Waals surface area contributed by atoms with Crippen LogP contribution in [0.1, 0.15) is 38.5 Å². The molecule has 0 radical (unpaired) electrons. The molecule has 0 aliphatic rings. The molecule has 0 fully saturated rings. The van der Waals surface area contributed by atoms with Crippen LogP contribution in [0.2, 0.25) is 0 Å². The third kappa shape index (κ3) is 7.11. The second-order valence-corrected chi connectivity index (χ2v) is 10.4. The molecular formula is C33H23F8N3O3. The van der Waals surface area contributed by atoms with Gasteiger partial charge in [-0.3, -0.25) is 4.79 Å². The van der Waals surface area contributed by atoms with Crippen LogP contribution in [0, 0.1) is 24.4 Å². The molecule has 6 nitrogen and oxygen atoms in total. The van der Waals surface area contributed by atoms with E-state index in [0.29, 0.717) is 11.6 Å². The summed E-state index contributed by atoms with van der Waals surface area (Å²) in [6.07, 6.45) is -9.58. The number of rotatable bonds is 11. The summed E-state index contributed by atoms with van der Waals surface area (Å²) in [6.45, 7) is 0.200. The van der Waals surface area contributed by atoms with Gasteiger partial charge in [0.2, 0.25) is 5.89 Å². The normalized spacial score (nSPS) is 13.0. The second kappa shape index (κ2) is 13.2. The van der Waals surface area contributed by atoms with Crippen LogP contribution >= 0.6 is 0 Å². The standard InChI is InChI=1S/C33H23F8N3O3/c1-18-43-44-30(46-18)26-14-22(8-10-28(26)37)32(16-19-5-3-2-4-6-19,42-29(45)20-7-9-27(36)21(11-20)17-34)23-12-24(35)15-25(13-23)47-33(40,41)31(38)39/h2-15,31H,16-17H2,1H3,(H,42,45)/t32-/m1/s1. The molecule has 1 N–H and O–H groups in total. The molecule has 0 aliphatic heterocycles. The molecule has 5 aromatic rings. The molecule has 0 aliphatic carbocycles. The van der Waals surface area contributed by atoms with Crippen molar-refractivity contribution in [3.63, 3.8) is 0 Å². The highest BCUT2D eigenvalue weighted by atomic mass is 19.3. The van der Waals surface area contributed by atoms with Crippen LogP contribution < -0.4 is 10.1 Å². The van der Waals surface area contributed by atoms with Crippen molar-refractivity contribution in [3.05, 3.63) is 136 Å². The Kier molecular flexibility index (Phi) is 9.31. The quantitative estimate of drug-likeness (QED) is 0.145. The summed E-state index contributed by atoms with van der Waals surface area (Å²) in [5, 5.41) is 10.2. The lowest BCUT2D eigenvalue weighted by molar-refractivity contribution is -0.253. The van der Waals surface area contributed by atoms with Gasteiger partial charge in [0, 0.05) is 30.5 Å². The molecule has 47 heavy (non-hydrogen) atoms. The molecular weight excluding hydrogens is 638 g/mol. The summed E-state index contributed by atoms with van der Waals surface area (Å²) in [5.41, 5.74) is -2.80. The van der Waals surface area contributed by atoms with E-state index in [1.807, 2.05) is 0 Å². The molecule has 5 rings (SSSR count). The molecule has 1 atom stereocenters. The van der Waals surface area contributed by atoms with Gasteiger partial charge in [0.1, 0.15) is 29.9 Å². The Balaban J connectivity index is 1.79. The maximum atomic E-state index is 15.2. The number of aromatic nitrogens is 2. The van der Waals surface area contributed by atoms with Gasteiger partial charge in [-0.15, -0.1) is 10.2 Å². The molecule has 0 bridgehead atoms. The van der Waals surface area contributed by atoms with E-state index in [1.54, 1.807) is 30.3 Å². The number of hydrogen-bond acceptors (Lipinski definition) is 5. The fourth-order valence-electron chi connectivity index (χ4n) is 4.98. The second-order valence-electron chi connectivity index (χ2n) is 10.4. The minimum atomic E-state index is -5.02. The number of nitrogens with zero attached hydrogens (tertiary/aromatic N) is 2. The number of amides is 1. The average Bonchev–Trinajstić information content (AvgIpc) is 3.46. The van der Waals surface area contributed by atoms with E-state index in [1.165, 1.54) is 19.1 Å². The number of carbonyl (C=O) groups is 1. The summed E-state index contributed by atoms with van der Waals surface area (Å²) >= 11 is 0. The van der Waals surface area contributed by atoms with Gasteiger partial charge in [0.25, 0.3) is 11.8 Å². The number of aryl methyl sites for hydroxylation is 1. The Bertz CT molecular complexity index is 1900. The summed E-state index contributed by atoms with van der Waals surface area (Å²) < 4.78 is 122. The lowest BCUT2D eigenvalue weighted by atomic mass is 9.77. The SMILES string of the molecule is Cc1nnc(-c2cc([C@@](Cc3ccccc3)(NC(=O)c3ccc(F)c(CF)c3)c3cc(F)cc(OC(F)(F)C(F)F)c3)ccc2F)o1. The van der Waals surface area contributed by atoms with Crippen LogP contribution in [-0.2, 0) is 18.6 Å². The molecule has 0 saturated carbocycles. The third-order valence-corrected chi connectivity index (χ3v) is 7.18. The molecule has 1 aromatic heterocycles. The van der Waals surface area contributed by atoms with Crippen molar-refractivity contribution < 1.29 is 49.1 Å². The summed E-state index contributed by atoms with van der Waals surface area (Å²) in [5.74, 6) is -5.17. The van der Waals surface area contributed by atoms with Crippen molar-refractivity contribution >= 4 is 5.91 Å². The van der Waals surface area contributed by atoms with Crippen molar-refractivity contribution in [3.8, 4) is 17.2 Å². The fourth-order valence-corrected chi connectivity index (χ4v) is 4.98. The lowest BCUT2D eigenvalue weighted by Crippen LogP contribution is -2.49. The Morgan fingerprint density at radius 1 is 0.894 bits per heavy atom. The number of alkyl halides is 5. The molecule has 1 heterocycles. The number of benzene rings is 4. The van der Waals surface area contributed by atoms with Crippen LogP contribution in [0.25, 0.3) is 11.5 Å². The first-order valence-corrected chi connectivity index (χ1v) is 13.8. The summed E-state index contributed by atoms with van der Waals surface area (Å²) in [4.78, 5) is 13.9. The van der Waals surface area contributed by atoms with Crippen LogP contribution in [-0.4, -0.2) is 28.6 Å². The first-order valence-electron chi connectivity index (χ1n) is 13.8. The minimum Gasteiger partial charge on any atom is -0.428 e. The molecule has 0 unspecified atom stereocenters. The zero-order valence-corrected chi connectivity index (χ0v) is 24.2. The van der Waals surface area contributed by atoms with Gasteiger partial charge < -0.3 is 14.5 Å². The summed E-state index contributed by atoms with van der Waals surface area (Å²) in [6, 6.07) is 16.5. The van der Waals surface area contributed by atoms with Gasteiger partial charge in [-0.1, -0.05) is 36.4 Å². The van der Waals surface area contributed by atoms with Gasteiger partial charge in [-0.2, -0.15) is 17.6 Å². The number of ether oxygens (including phenoxy) is 1. The van der Waals surface area contributed by atoms with Gasteiger partial charge in [-0.05, 0) is 59.2 Å². The number of nitrogens with one attached hydrogen (secondary N) is 1. The molecule has 14 heteroatoms. The fraction of sp³-hybridized carbons (Fsp3) is 0.182. The van der Waals surface area contributed by atoms with Gasteiger partial charge >= 0.3 is 12.5 Å². The maximum Gasteiger partial charge on any atom is 0.461 e. The topological polar surface area (TPSA) is 77.2 Å². The van der Waals surface area contributed by atoms with E-state index in [0.717, 1.165) is 36.4 Å². The Hall–Kier alpha value is -5.27. The van der Waals surface area contributed by atoms with Crippen molar-refractivity contribution in [2.24, 2.45) is 0 Å². The molecule has 0 spiro atoms. The Morgan fingerprint density at radius 3 is 2.28 bits per heavy atom. The predicted molar refractivity (Wildman–Crippen MR) is 152 cm³/mol. The summed E-state index contributed by atoms with van der Waals surface area (Å²) in [7, 11) is 0. The highest BCUT2D eigenvalue weighted by Crippen LogP contribution is 2.40. The average molecular weight is 662 g/mol. The van der Waals surface area contributed by atoms with E-state index in [4.69, 9.17) is 4.42 Å². The van der Waals surface area contributed by atoms with Crippen LogP contribution in [0.3, 0.4) is 0 Å². The zero-order chi connectivity index (χ0) is 33.9. The zero-order valence-electron chi connectivity index (χ0n) is 24.2.